The molecular weight excluding hydrogens is 230 g/mol. The monoisotopic (exact) mass is 255 g/mol. The van der Waals surface area contributed by atoms with Crippen LogP contribution in [0.3, 0.4) is 0 Å². The van der Waals surface area contributed by atoms with Crippen molar-refractivity contribution in [3.8, 4) is 0 Å². The largest absolute Gasteiger partial charge is 0.363 e. The highest BCUT2D eigenvalue weighted by Crippen LogP contribution is 2.16. The molecule has 2 aliphatic rings. The number of hydrogen-bond donors (Lipinski definition) is 1. The van der Waals surface area contributed by atoms with Crippen molar-refractivity contribution in [2.75, 3.05) is 40.3 Å². The Bertz CT molecular complexity index is 288. The van der Waals surface area contributed by atoms with Gasteiger partial charge in [0.25, 0.3) is 5.91 Å². The number of likely N-dealkylation sites (tertiary alicyclic amines) is 1. The van der Waals surface area contributed by atoms with E-state index in [0.717, 1.165) is 32.5 Å². The zero-order chi connectivity index (χ0) is 13.1. The Morgan fingerprint density at radius 3 is 2.50 bits per heavy atom. The van der Waals surface area contributed by atoms with Crippen LogP contribution in [0.5, 0.6) is 0 Å². The van der Waals surface area contributed by atoms with Crippen molar-refractivity contribution in [1.29, 1.82) is 0 Å². The van der Waals surface area contributed by atoms with E-state index in [1.165, 1.54) is 0 Å². The summed E-state index contributed by atoms with van der Waals surface area (Å²) in [5.74, 6) is 0.159. The predicted molar refractivity (Wildman–Crippen MR) is 70.5 cm³/mol. The average Bonchev–Trinajstić information content (AvgIpc) is 2.38. The number of amides is 1. The van der Waals surface area contributed by atoms with E-state index in [1.807, 2.05) is 11.8 Å². The molecule has 2 atom stereocenters. The number of carbonyl (C=O) groups is 1. The van der Waals surface area contributed by atoms with Crippen LogP contribution in [0.25, 0.3) is 0 Å². The quantitative estimate of drug-likeness (QED) is 0.749. The lowest BCUT2D eigenvalue weighted by Gasteiger charge is -2.38. The maximum atomic E-state index is 12.3. The fourth-order valence-electron chi connectivity index (χ4n) is 2.75. The molecule has 0 radical (unpaired) electrons. The Labute approximate surface area is 109 Å². The lowest BCUT2D eigenvalue weighted by atomic mass is 10.0. The fraction of sp³-hybridized carbons (Fsp3) is 0.923. The first-order valence-corrected chi connectivity index (χ1v) is 6.89. The first-order chi connectivity index (χ1) is 8.58. The lowest BCUT2D eigenvalue weighted by Crippen LogP contribution is -2.54. The molecule has 1 N–H and O–H groups in total. The van der Waals surface area contributed by atoms with Gasteiger partial charge in [0, 0.05) is 32.2 Å². The van der Waals surface area contributed by atoms with Gasteiger partial charge in [-0.3, -0.25) is 4.79 Å². The first-order valence-electron chi connectivity index (χ1n) is 6.89. The van der Waals surface area contributed by atoms with Gasteiger partial charge >= 0.3 is 0 Å². The summed E-state index contributed by atoms with van der Waals surface area (Å²) < 4.78 is 5.71. The summed E-state index contributed by atoms with van der Waals surface area (Å²) in [6, 6.07) is 0.610. The third-order valence-electron chi connectivity index (χ3n) is 3.94. The molecule has 2 heterocycles. The van der Waals surface area contributed by atoms with Gasteiger partial charge in [0.15, 0.2) is 0 Å². The molecule has 18 heavy (non-hydrogen) atoms. The zero-order valence-electron chi connectivity index (χ0n) is 11.7. The van der Waals surface area contributed by atoms with E-state index < -0.39 is 0 Å². The van der Waals surface area contributed by atoms with Crippen molar-refractivity contribution in [1.82, 2.24) is 15.1 Å². The van der Waals surface area contributed by atoms with Crippen molar-refractivity contribution in [3.63, 3.8) is 0 Å². The molecule has 2 fully saturated rings. The number of ether oxygens (including phenoxy) is 1. The number of nitrogens with one attached hydrogen (secondary N) is 1. The van der Waals surface area contributed by atoms with Gasteiger partial charge in [0.1, 0.15) is 6.10 Å². The Morgan fingerprint density at radius 1 is 1.28 bits per heavy atom. The van der Waals surface area contributed by atoms with Gasteiger partial charge in [-0.2, -0.15) is 0 Å². The van der Waals surface area contributed by atoms with Crippen LogP contribution < -0.4 is 5.32 Å². The van der Waals surface area contributed by atoms with Crippen LogP contribution in [0.15, 0.2) is 0 Å². The standard InChI is InChI=1S/C13H25N3O2/c1-10-8-14-9-12(18-10)13(17)16-6-4-11(5-7-16)15(2)3/h10-12,14H,4-9H2,1-3H3/t10-,12-/m1/s1. The minimum absolute atomic E-state index is 0.131. The zero-order valence-corrected chi connectivity index (χ0v) is 11.7. The molecule has 2 rings (SSSR count). The second kappa shape index (κ2) is 5.99. The van der Waals surface area contributed by atoms with Crippen LogP contribution in [0.2, 0.25) is 0 Å². The Hall–Kier alpha value is -0.650. The fourth-order valence-corrected chi connectivity index (χ4v) is 2.75. The maximum Gasteiger partial charge on any atom is 0.253 e. The van der Waals surface area contributed by atoms with Crippen LogP contribution in [-0.4, -0.2) is 74.2 Å². The molecular formula is C13H25N3O2. The summed E-state index contributed by atoms with van der Waals surface area (Å²) in [5, 5.41) is 3.25. The molecule has 0 bridgehead atoms. The summed E-state index contributed by atoms with van der Waals surface area (Å²) >= 11 is 0. The molecule has 0 unspecified atom stereocenters. The summed E-state index contributed by atoms with van der Waals surface area (Å²) in [7, 11) is 4.22. The molecule has 5 nitrogen and oxygen atoms in total. The van der Waals surface area contributed by atoms with Crippen LogP contribution in [0.1, 0.15) is 19.8 Å². The van der Waals surface area contributed by atoms with Crippen LogP contribution >= 0.6 is 0 Å². The van der Waals surface area contributed by atoms with E-state index in [0.29, 0.717) is 12.6 Å². The van der Waals surface area contributed by atoms with E-state index >= 15 is 0 Å². The highest BCUT2D eigenvalue weighted by molar-refractivity contribution is 5.81. The Kier molecular flexibility index (Phi) is 4.59. The summed E-state index contributed by atoms with van der Waals surface area (Å²) in [4.78, 5) is 16.5. The number of rotatable bonds is 2. The van der Waals surface area contributed by atoms with Gasteiger partial charge in [0.05, 0.1) is 6.10 Å². The van der Waals surface area contributed by atoms with Crippen LogP contribution in [0.4, 0.5) is 0 Å². The minimum Gasteiger partial charge on any atom is -0.363 e. The van der Waals surface area contributed by atoms with Crippen molar-refractivity contribution in [2.24, 2.45) is 0 Å². The molecule has 0 saturated carbocycles. The summed E-state index contributed by atoms with van der Waals surface area (Å²) in [6.45, 7) is 5.21. The highest BCUT2D eigenvalue weighted by Gasteiger charge is 2.31. The van der Waals surface area contributed by atoms with E-state index in [-0.39, 0.29) is 18.1 Å². The van der Waals surface area contributed by atoms with Gasteiger partial charge in [-0.25, -0.2) is 0 Å². The molecule has 104 valence electrons. The lowest BCUT2D eigenvalue weighted by molar-refractivity contribution is -0.151. The molecule has 0 aromatic carbocycles. The van der Waals surface area contributed by atoms with Crippen LogP contribution in [0, 0.1) is 0 Å². The third-order valence-corrected chi connectivity index (χ3v) is 3.94. The van der Waals surface area contributed by atoms with E-state index in [2.05, 4.69) is 24.3 Å². The van der Waals surface area contributed by atoms with Crippen molar-refractivity contribution in [2.45, 2.75) is 38.0 Å². The van der Waals surface area contributed by atoms with Gasteiger partial charge in [-0.1, -0.05) is 0 Å². The Morgan fingerprint density at radius 2 is 1.94 bits per heavy atom. The number of nitrogens with zero attached hydrogens (tertiary/aromatic N) is 2. The predicted octanol–water partition coefficient (Wildman–Crippen LogP) is -0.0841. The molecule has 0 aromatic heterocycles. The molecule has 2 saturated heterocycles. The first kappa shape index (κ1) is 13.8. The molecule has 5 heteroatoms. The molecule has 0 aliphatic carbocycles. The van der Waals surface area contributed by atoms with Gasteiger partial charge < -0.3 is 19.9 Å². The SMILES string of the molecule is C[C@@H]1CNC[C@H](C(=O)N2CCC(N(C)C)CC2)O1. The van der Waals surface area contributed by atoms with E-state index in [4.69, 9.17) is 4.74 Å². The maximum absolute atomic E-state index is 12.3. The highest BCUT2D eigenvalue weighted by atomic mass is 16.5. The van der Waals surface area contributed by atoms with Crippen molar-refractivity contribution in [3.05, 3.63) is 0 Å². The van der Waals surface area contributed by atoms with E-state index in [1.54, 1.807) is 0 Å². The normalized spacial score (nSPS) is 30.8. The topological polar surface area (TPSA) is 44.8 Å². The van der Waals surface area contributed by atoms with Gasteiger partial charge in [-0.05, 0) is 33.9 Å². The smallest absolute Gasteiger partial charge is 0.253 e. The third kappa shape index (κ3) is 3.22. The van der Waals surface area contributed by atoms with Crippen LogP contribution in [-0.2, 0) is 9.53 Å². The second-order valence-corrected chi connectivity index (χ2v) is 5.61. The minimum atomic E-state index is -0.287. The summed E-state index contributed by atoms with van der Waals surface area (Å²) in [5.41, 5.74) is 0. The van der Waals surface area contributed by atoms with Crippen molar-refractivity contribution < 1.29 is 9.53 Å². The molecule has 0 aromatic rings. The number of carbonyl (C=O) groups excluding carboxylic acids is 1. The number of piperidine rings is 1. The average molecular weight is 255 g/mol. The van der Waals surface area contributed by atoms with Gasteiger partial charge in [0.2, 0.25) is 0 Å². The number of morpholine rings is 1. The Balaban J connectivity index is 1.83. The molecule has 1 amide bonds. The number of hydrogen-bond acceptors (Lipinski definition) is 4. The van der Waals surface area contributed by atoms with Gasteiger partial charge in [-0.15, -0.1) is 0 Å². The second-order valence-electron chi connectivity index (χ2n) is 5.61. The van der Waals surface area contributed by atoms with Crippen molar-refractivity contribution >= 4 is 5.91 Å². The molecule has 0 spiro atoms. The summed E-state index contributed by atoms with van der Waals surface area (Å²) in [6.07, 6.45) is 1.97. The molecule has 2 aliphatic heterocycles. The van der Waals surface area contributed by atoms with E-state index in [9.17, 15) is 4.79 Å².